The highest BCUT2D eigenvalue weighted by atomic mass is 19.4. The second-order valence-electron chi connectivity index (χ2n) is 6.35. The summed E-state index contributed by atoms with van der Waals surface area (Å²) in [5.41, 5.74) is 1.22. The summed E-state index contributed by atoms with van der Waals surface area (Å²) in [7, 11) is 0. The number of hydrogen-bond acceptors (Lipinski definition) is 2. The number of aryl methyl sites for hydroxylation is 1. The van der Waals surface area contributed by atoms with E-state index in [1.165, 1.54) is 12.1 Å². The molecule has 0 atom stereocenters. The van der Waals surface area contributed by atoms with Gasteiger partial charge in [0, 0.05) is 12.1 Å². The van der Waals surface area contributed by atoms with Gasteiger partial charge in [-0.2, -0.15) is 13.2 Å². The van der Waals surface area contributed by atoms with Gasteiger partial charge in [0.2, 0.25) is 5.91 Å². The van der Waals surface area contributed by atoms with E-state index in [2.05, 4.69) is 5.32 Å². The topological polar surface area (TPSA) is 66.4 Å². The molecule has 2 rings (SSSR count). The fraction of sp³-hybridized carbons (Fsp3) is 0.529. The Bertz CT molecular complexity index is 620. The first kappa shape index (κ1) is 18.3. The Morgan fingerprint density at radius 3 is 2.38 bits per heavy atom. The summed E-state index contributed by atoms with van der Waals surface area (Å²) in [5.74, 6) is -2.70. The maximum absolute atomic E-state index is 12.6. The minimum atomic E-state index is -4.15. The van der Waals surface area contributed by atoms with Gasteiger partial charge in [-0.15, -0.1) is 0 Å². The summed E-state index contributed by atoms with van der Waals surface area (Å²) in [6, 6.07) is 4.44. The summed E-state index contributed by atoms with van der Waals surface area (Å²) in [6.07, 6.45) is -3.11. The van der Waals surface area contributed by atoms with Crippen molar-refractivity contribution in [1.82, 2.24) is 0 Å². The first-order valence-electron chi connectivity index (χ1n) is 7.87. The molecule has 0 saturated heterocycles. The lowest BCUT2D eigenvalue weighted by atomic mass is 9.80. The van der Waals surface area contributed by atoms with Crippen molar-refractivity contribution in [1.29, 1.82) is 0 Å². The molecule has 0 radical (unpaired) electrons. The summed E-state index contributed by atoms with van der Waals surface area (Å²) in [4.78, 5) is 23.1. The van der Waals surface area contributed by atoms with Crippen LogP contribution in [0.15, 0.2) is 18.2 Å². The van der Waals surface area contributed by atoms with Crippen LogP contribution < -0.4 is 5.32 Å². The minimum absolute atomic E-state index is 0.0634. The maximum atomic E-state index is 12.6. The number of carbonyl (C=O) groups is 2. The predicted molar refractivity (Wildman–Crippen MR) is 82.9 cm³/mol. The van der Waals surface area contributed by atoms with Crippen molar-refractivity contribution in [3.05, 3.63) is 29.3 Å². The van der Waals surface area contributed by atoms with Crippen LogP contribution in [0.4, 0.5) is 18.9 Å². The van der Waals surface area contributed by atoms with Crippen LogP contribution >= 0.6 is 0 Å². The van der Waals surface area contributed by atoms with Gasteiger partial charge in [-0.3, -0.25) is 4.79 Å². The normalized spacial score (nSPS) is 21.3. The van der Waals surface area contributed by atoms with Crippen LogP contribution in [0.2, 0.25) is 0 Å². The first-order chi connectivity index (χ1) is 11.2. The number of amides is 1. The summed E-state index contributed by atoms with van der Waals surface area (Å²) >= 11 is 0. The van der Waals surface area contributed by atoms with Crippen LogP contribution in [0, 0.1) is 18.8 Å². The van der Waals surface area contributed by atoms with E-state index in [9.17, 15) is 22.8 Å². The fourth-order valence-corrected chi connectivity index (χ4v) is 3.05. The number of carboxylic acid groups (broad SMARTS) is 1. The zero-order valence-electron chi connectivity index (χ0n) is 13.3. The van der Waals surface area contributed by atoms with E-state index < -0.39 is 18.1 Å². The van der Waals surface area contributed by atoms with E-state index >= 15 is 0 Å². The molecule has 0 aromatic heterocycles. The third-order valence-corrected chi connectivity index (χ3v) is 4.54. The van der Waals surface area contributed by atoms with E-state index in [1.54, 1.807) is 13.0 Å². The van der Waals surface area contributed by atoms with Gasteiger partial charge in [0.1, 0.15) is 0 Å². The Morgan fingerprint density at radius 2 is 1.83 bits per heavy atom. The number of hydrogen-bond donors (Lipinski definition) is 2. The molecule has 0 spiro atoms. The van der Waals surface area contributed by atoms with Gasteiger partial charge in [-0.25, -0.2) is 4.79 Å². The zero-order chi connectivity index (χ0) is 17.9. The zero-order valence-corrected chi connectivity index (χ0v) is 13.3. The first-order valence-corrected chi connectivity index (χ1v) is 7.87. The largest absolute Gasteiger partial charge is 0.478 e. The third kappa shape index (κ3) is 4.72. The molecule has 0 unspecified atom stereocenters. The number of rotatable bonds is 4. The quantitative estimate of drug-likeness (QED) is 0.852. The molecule has 0 bridgehead atoms. The highest BCUT2D eigenvalue weighted by molar-refractivity contribution is 5.94. The molecule has 24 heavy (non-hydrogen) atoms. The average Bonchev–Trinajstić information content (AvgIpc) is 2.48. The molecule has 1 saturated carbocycles. The number of nitrogens with one attached hydrogen (secondary N) is 1. The summed E-state index contributed by atoms with van der Waals surface area (Å²) in [6.45, 7) is 1.75. The number of benzene rings is 1. The number of carboxylic acids is 1. The van der Waals surface area contributed by atoms with E-state index in [4.69, 9.17) is 5.11 Å². The Morgan fingerprint density at radius 1 is 1.21 bits per heavy atom. The number of anilines is 1. The Kier molecular flexibility index (Phi) is 5.51. The van der Waals surface area contributed by atoms with Crippen molar-refractivity contribution >= 4 is 17.6 Å². The van der Waals surface area contributed by atoms with Gasteiger partial charge in [0.15, 0.2) is 0 Å². The summed E-state index contributed by atoms with van der Waals surface area (Å²) in [5, 5.41) is 11.7. The minimum Gasteiger partial charge on any atom is -0.478 e. The van der Waals surface area contributed by atoms with Gasteiger partial charge in [-0.05, 0) is 56.2 Å². The monoisotopic (exact) mass is 343 g/mol. The van der Waals surface area contributed by atoms with Crippen molar-refractivity contribution in [3.63, 3.8) is 0 Å². The van der Waals surface area contributed by atoms with E-state index in [0.717, 1.165) is 5.56 Å². The molecule has 1 aromatic rings. The van der Waals surface area contributed by atoms with Crippen molar-refractivity contribution in [2.75, 3.05) is 5.32 Å². The molecule has 2 N–H and O–H groups in total. The van der Waals surface area contributed by atoms with Gasteiger partial charge in [0.25, 0.3) is 0 Å². The highest BCUT2D eigenvalue weighted by Crippen LogP contribution is 2.40. The lowest BCUT2D eigenvalue weighted by Crippen LogP contribution is -2.29. The molecule has 1 aliphatic carbocycles. The molecule has 7 heteroatoms. The molecule has 4 nitrogen and oxygen atoms in total. The molecular weight excluding hydrogens is 323 g/mol. The lowest BCUT2D eigenvalue weighted by molar-refractivity contribution is -0.183. The smallest absolute Gasteiger partial charge is 0.391 e. The van der Waals surface area contributed by atoms with Crippen molar-refractivity contribution in [2.45, 2.75) is 45.2 Å². The molecular formula is C17H20F3NO3. The SMILES string of the molecule is Cc1ccc(C(=O)O)cc1NC(=O)CC1CCC(C(F)(F)F)CC1. The Balaban J connectivity index is 1.91. The Labute approximate surface area is 138 Å². The van der Waals surface area contributed by atoms with Crippen LogP contribution in [-0.2, 0) is 4.79 Å². The van der Waals surface area contributed by atoms with Crippen molar-refractivity contribution < 1.29 is 27.9 Å². The molecule has 132 valence electrons. The Hall–Kier alpha value is -2.05. The van der Waals surface area contributed by atoms with E-state index in [1.807, 2.05) is 0 Å². The molecule has 0 aliphatic heterocycles. The van der Waals surface area contributed by atoms with Gasteiger partial charge < -0.3 is 10.4 Å². The fourth-order valence-electron chi connectivity index (χ4n) is 3.05. The number of halogens is 3. The van der Waals surface area contributed by atoms with Crippen LogP contribution in [0.5, 0.6) is 0 Å². The van der Waals surface area contributed by atoms with E-state index in [0.29, 0.717) is 18.5 Å². The maximum Gasteiger partial charge on any atom is 0.391 e. The molecule has 0 heterocycles. The summed E-state index contributed by atoms with van der Waals surface area (Å²) < 4.78 is 37.9. The van der Waals surface area contributed by atoms with Crippen LogP contribution in [-0.4, -0.2) is 23.2 Å². The standard InChI is InChI=1S/C17H20F3NO3/c1-10-2-5-12(16(23)24)9-14(10)21-15(22)8-11-3-6-13(7-4-11)17(18,19)20/h2,5,9,11,13H,3-4,6-8H2,1H3,(H,21,22)(H,23,24). The van der Waals surface area contributed by atoms with Gasteiger partial charge in [0.05, 0.1) is 11.5 Å². The molecule has 1 fully saturated rings. The van der Waals surface area contributed by atoms with Gasteiger partial charge in [-0.1, -0.05) is 6.07 Å². The third-order valence-electron chi connectivity index (χ3n) is 4.54. The second kappa shape index (κ2) is 7.23. The van der Waals surface area contributed by atoms with Crippen LogP contribution in [0.3, 0.4) is 0 Å². The second-order valence-corrected chi connectivity index (χ2v) is 6.35. The van der Waals surface area contributed by atoms with Crippen LogP contribution in [0.1, 0.15) is 48.0 Å². The number of alkyl halides is 3. The van der Waals surface area contributed by atoms with Crippen molar-refractivity contribution in [3.8, 4) is 0 Å². The number of carbonyl (C=O) groups excluding carboxylic acids is 1. The predicted octanol–water partition coefficient (Wildman–Crippen LogP) is 4.39. The molecule has 1 aliphatic rings. The van der Waals surface area contributed by atoms with E-state index in [-0.39, 0.29) is 36.7 Å². The number of aromatic carboxylic acids is 1. The average molecular weight is 343 g/mol. The van der Waals surface area contributed by atoms with Crippen LogP contribution in [0.25, 0.3) is 0 Å². The molecule has 1 amide bonds. The lowest BCUT2D eigenvalue weighted by Gasteiger charge is -2.29. The van der Waals surface area contributed by atoms with Gasteiger partial charge >= 0.3 is 12.1 Å². The highest BCUT2D eigenvalue weighted by Gasteiger charge is 2.41. The van der Waals surface area contributed by atoms with Crippen molar-refractivity contribution in [2.24, 2.45) is 11.8 Å². The molecule has 1 aromatic carbocycles.